The smallest absolute Gasteiger partial charge is 0.257 e. The predicted octanol–water partition coefficient (Wildman–Crippen LogP) is 2.68. The third kappa shape index (κ3) is 3.26. The van der Waals surface area contributed by atoms with Crippen LogP contribution in [0.5, 0.6) is 0 Å². The quantitative estimate of drug-likeness (QED) is 0.915. The molecule has 1 fully saturated rings. The van der Waals surface area contributed by atoms with Gasteiger partial charge in [-0.1, -0.05) is 23.7 Å². The van der Waals surface area contributed by atoms with Crippen molar-refractivity contribution in [2.24, 2.45) is 5.92 Å². The molecule has 3 rings (SSSR count). The SMILES string of the molecule is Cc1c(C(=O)N(C)CC(O)C2CC2)cnn1-c1ccccc1Cl. The van der Waals surface area contributed by atoms with Crippen LogP contribution >= 0.6 is 11.6 Å². The molecule has 6 heteroatoms. The van der Waals surface area contributed by atoms with Gasteiger partial charge in [-0.25, -0.2) is 4.68 Å². The van der Waals surface area contributed by atoms with E-state index in [-0.39, 0.29) is 5.91 Å². The summed E-state index contributed by atoms with van der Waals surface area (Å²) in [7, 11) is 1.71. The third-order valence-electron chi connectivity index (χ3n) is 4.29. The normalized spacial score (nSPS) is 15.5. The van der Waals surface area contributed by atoms with Gasteiger partial charge in [0.15, 0.2) is 0 Å². The van der Waals surface area contributed by atoms with Gasteiger partial charge in [0.1, 0.15) is 0 Å². The first-order valence-electron chi connectivity index (χ1n) is 7.72. The van der Waals surface area contributed by atoms with E-state index >= 15 is 0 Å². The van der Waals surface area contributed by atoms with Crippen LogP contribution in [0.25, 0.3) is 5.69 Å². The van der Waals surface area contributed by atoms with Crippen molar-refractivity contribution in [1.29, 1.82) is 0 Å². The van der Waals surface area contributed by atoms with E-state index in [2.05, 4.69) is 5.10 Å². The number of hydrogen-bond acceptors (Lipinski definition) is 3. The molecule has 0 spiro atoms. The molecule has 1 heterocycles. The van der Waals surface area contributed by atoms with Crippen LogP contribution < -0.4 is 0 Å². The van der Waals surface area contributed by atoms with E-state index in [0.29, 0.717) is 23.0 Å². The number of halogens is 1. The molecule has 0 aliphatic heterocycles. The van der Waals surface area contributed by atoms with Crippen LogP contribution in [0.3, 0.4) is 0 Å². The summed E-state index contributed by atoms with van der Waals surface area (Å²) < 4.78 is 1.67. The van der Waals surface area contributed by atoms with Gasteiger partial charge in [0, 0.05) is 13.6 Å². The number of para-hydroxylation sites is 1. The highest BCUT2D eigenvalue weighted by atomic mass is 35.5. The Labute approximate surface area is 140 Å². The van der Waals surface area contributed by atoms with E-state index in [9.17, 15) is 9.90 Å². The Balaban J connectivity index is 1.81. The second-order valence-corrected chi connectivity index (χ2v) is 6.50. The molecule has 1 aliphatic rings. The minimum absolute atomic E-state index is 0.138. The summed E-state index contributed by atoms with van der Waals surface area (Å²) in [6, 6.07) is 7.38. The summed E-state index contributed by atoms with van der Waals surface area (Å²) in [5, 5.41) is 14.9. The average molecular weight is 334 g/mol. The van der Waals surface area contributed by atoms with E-state index in [1.54, 1.807) is 28.9 Å². The van der Waals surface area contributed by atoms with Crippen molar-refractivity contribution in [2.75, 3.05) is 13.6 Å². The zero-order valence-corrected chi connectivity index (χ0v) is 14.0. The number of aliphatic hydroxyl groups excluding tert-OH is 1. The van der Waals surface area contributed by atoms with E-state index in [4.69, 9.17) is 11.6 Å². The lowest BCUT2D eigenvalue weighted by Crippen LogP contribution is -2.35. The molecule has 2 aromatic rings. The van der Waals surface area contributed by atoms with Crippen molar-refractivity contribution >= 4 is 17.5 Å². The number of amides is 1. The Kier molecular flexibility index (Phi) is 4.41. The Morgan fingerprint density at radius 3 is 2.83 bits per heavy atom. The summed E-state index contributed by atoms with van der Waals surface area (Å²) >= 11 is 6.20. The number of carbonyl (C=O) groups excluding carboxylic acids is 1. The minimum atomic E-state index is -0.442. The average Bonchev–Trinajstić information content (AvgIpc) is 3.31. The molecule has 1 aromatic heterocycles. The molecule has 122 valence electrons. The van der Waals surface area contributed by atoms with Gasteiger partial charge in [-0.05, 0) is 37.8 Å². The number of carbonyl (C=O) groups is 1. The van der Waals surface area contributed by atoms with Crippen molar-refractivity contribution < 1.29 is 9.90 Å². The third-order valence-corrected chi connectivity index (χ3v) is 4.61. The predicted molar refractivity (Wildman–Crippen MR) is 89.0 cm³/mol. The van der Waals surface area contributed by atoms with Gasteiger partial charge >= 0.3 is 0 Å². The highest BCUT2D eigenvalue weighted by Gasteiger charge is 2.31. The number of rotatable bonds is 5. The fraction of sp³-hybridized carbons (Fsp3) is 0.412. The number of nitrogens with zero attached hydrogens (tertiary/aromatic N) is 3. The lowest BCUT2D eigenvalue weighted by molar-refractivity contribution is 0.0644. The lowest BCUT2D eigenvalue weighted by atomic mass is 10.2. The van der Waals surface area contributed by atoms with E-state index < -0.39 is 6.10 Å². The number of aliphatic hydroxyl groups is 1. The van der Waals surface area contributed by atoms with Crippen molar-refractivity contribution in [3.63, 3.8) is 0 Å². The standard InChI is InChI=1S/C17H20ClN3O2/c1-11-13(17(23)20(2)10-16(22)12-7-8-12)9-19-21(11)15-6-4-3-5-14(15)18/h3-6,9,12,16,22H,7-8,10H2,1-2H3. The summed E-state index contributed by atoms with van der Waals surface area (Å²) in [5.74, 6) is 0.206. The van der Waals surface area contributed by atoms with E-state index in [1.165, 1.54) is 0 Å². The summed E-state index contributed by atoms with van der Waals surface area (Å²) in [4.78, 5) is 14.2. The molecule has 1 amide bonds. The zero-order chi connectivity index (χ0) is 16.6. The highest BCUT2D eigenvalue weighted by Crippen LogP contribution is 2.33. The van der Waals surface area contributed by atoms with Crippen LogP contribution in [0.4, 0.5) is 0 Å². The minimum Gasteiger partial charge on any atom is -0.391 e. The van der Waals surface area contributed by atoms with Crippen molar-refractivity contribution in [3.8, 4) is 5.69 Å². The number of likely N-dealkylation sites (N-methyl/N-ethyl adjacent to an activating group) is 1. The fourth-order valence-electron chi connectivity index (χ4n) is 2.69. The van der Waals surface area contributed by atoms with Gasteiger partial charge in [-0.3, -0.25) is 4.79 Å². The molecule has 1 saturated carbocycles. The summed E-state index contributed by atoms with van der Waals surface area (Å²) in [6.07, 6.45) is 3.21. The number of aromatic nitrogens is 2. The second-order valence-electron chi connectivity index (χ2n) is 6.10. The molecule has 0 saturated heterocycles. The van der Waals surface area contributed by atoms with Crippen LogP contribution in [0.2, 0.25) is 5.02 Å². The van der Waals surface area contributed by atoms with Crippen LogP contribution in [-0.2, 0) is 0 Å². The molecular formula is C17H20ClN3O2. The zero-order valence-electron chi connectivity index (χ0n) is 13.2. The molecule has 1 aromatic carbocycles. The topological polar surface area (TPSA) is 58.4 Å². The Morgan fingerprint density at radius 2 is 2.17 bits per heavy atom. The van der Waals surface area contributed by atoms with Gasteiger partial charge in [0.05, 0.1) is 34.3 Å². The summed E-state index contributed by atoms with van der Waals surface area (Å²) in [6.45, 7) is 2.19. The number of hydrogen-bond donors (Lipinski definition) is 1. The molecule has 1 unspecified atom stereocenters. The summed E-state index contributed by atoms with van der Waals surface area (Å²) in [5.41, 5.74) is 2.00. The first-order chi connectivity index (χ1) is 11.0. The molecule has 0 bridgehead atoms. The largest absolute Gasteiger partial charge is 0.391 e. The molecular weight excluding hydrogens is 314 g/mol. The maximum Gasteiger partial charge on any atom is 0.257 e. The molecule has 5 nitrogen and oxygen atoms in total. The Hall–Kier alpha value is -1.85. The Bertz CT molecular complexity index is 724. The molecule has 1 N–H and O–H groups in total. The second kappa shape index (κ2) is 6.34. The highest BCUT2D eigenvalue weighted by molar-refractivity contribution is 6.32. The van der Waals surface area contributed by atoms with Crippen molar-refractivity contribution in [2.45, 2.75) is 25.9 Å². The lowest BCUT2D eigenvalue weighted by Gasteiger charge is -2.20. The van der Waals surface area contributed by atoms with Crippen molar-refractivity contribution in [1.82, 2.24) is 14.7 Å². The van der Waals surface area contributed by atoms with Crippen LogP contribution in [0, 0.1) is 12.8 Å². The molecule has 1 atom stereocenters. The Morgan fingerprint density at radius 1 is 1.48 bits per heavy atom. The fourth-order valence-corrected chi connectivity index (χ4v) is 2.90. The monoisotopic (exact) mass is 333 g/mol. The van der Waals surface area contributed by atoms with Crippen LogP contribution in [-0.4, -0.2) is 45.4 Å². The van der Waals surface area contributed by atoms with E-state index in [1.807, 2.05) is 25.1 Å². The molecule has 1 aliphatic carbocycles. The van der Waals surface area contributed by atoms with Gasteiger partial charge < -0.3 is 10.0 Å². The van der Waals surface area contributed by atoms with E-state index in [0.717, 1.165) is 24.2 Å². The number of benzene rings is 1. The molecule has 0 radical (unpaired) electrons. The van der Waals surface area contributed by atoms with Crippen LogP contribution in [0.15, 0.2) is 30.5 Å². The van der Waals surface area contributed by atoms with Gasteiger partial charge in [-0.15, -0.1) is 0 Å². The van der Waals surface area contributed by atoms with Crippen molar-refractivity contribution in [3.05, 3.63) is 46.7 Å². The van der Waals surface area contributed by atoms with Gasteiger partial charge in [-0.2, -0.15) is 5.10 Å². The van der Waals surface area contributed by atoms with Crippen LogP contribution in [0.1, 0.15) is 28.9 Å². The van der Waals surface area contributed by atoms with Gasteiger partial charge in [0.25, 0.3) is 5.91 Å². The maximum atomic E-state index is 12.6. The van der Waals surface area contributed by atoms with Gasteiger partial charge in [0.2, 0.25) is 0 Å². The first-order valence-corrected chi connectivity index (χ1v) is 8.10. The first kappa shape index (κ1) is 16.0. The maximum absolute atomic E-state index is 12.6. The molecule has 23 heavy (non-hydrogen) atoms.